The van der Waals surface area contributed by atoms with Gasteiger partial charge in [0.05, 0.1) is 12.5 Å². The maximum Gasteiger partial charge on any atom is 0.594 e. The molecule has 1 saturated heterocycles. The van der Waals surface area contributed by atoms with Crippen molar-refractivity contribution >= 4 is 19.0 Å². The molecule has 1 aliphatic rings. The smallest absolute Gasteiger partial charge is 0.594 e. The van der Waals surface area contributed by atoms with E-state index in [-0.39, 0.29) is 6.54 Å². The van der Waals surface area contributed by atoms with Gasteiger partial charge in [0.25, 0.3) is 5.97 Å². The van der Waals surface area contributed by atoms with Gasteiger partial charge in [-0.25, -0.2) is 0 Å². The third-order valence-electron chi connectivity index (χ3n) is 2.89. The van der Waals surface area contributed by atoms with Crippen molar-refractivity contribution in [2.45, 2.75) is 19.0 Å². The summed E-state index contributed by atoms with van der Waals surface area (Å²) >= 11 is 0. The van der Waals surface area contributed by atoms with Crippen LogP contribution in [0.15, 0.2) is 30.3 Å². The lowest BCUT2D eigenvalue weighted by Gasteiger charge is -2.31. The molecule has 0 aliphatic carbocycles. The predicted molar refractivity (Wildman–Crippen MR) is 62.1 cm³/mol. The molecule has 0 bridgehead atoms. The van der Waals surface area contributed by atoms with Gasteiger partial charge >= 0.3 is 13.0 Å². The minimum Gasteiger partial charge on any atom is -0.622 e. The number of halogens is 2. The highest BCUT2D eigenvalue weighted by Crippen LogP contribution is 2.30. The molecule has 102 valence electrons. The Balaban J connectivity index is 2.22. The Morgan fingerprint density at radius 3 is 2.58 bits per heavy atom. The molecule has 1 aromatic carbocycles. The number of hydrogen-bond donors (Lipinski definition) is 1. The summed E-state index contributed by atoms with van der Waals surface area (Å²) in [5.41, 5.74) is 0.553. The SMILES string of the molecule is O=C(O)CC1C(=O)O[B-](F)(F)N1Cc1ccccc1. The molecule has 0 spiro atoms. The highest BCUT2D eigenvalue weighted by Gasteiger charge is 2.51. The van der Waals surface area contributed by atoms with E-state index in [1.54, 1.807) is 30.3 Å². The molecule has 2 rings (SSSR count). The highest BCUT2D eigenvalue weighted by molar-refractivity contribution is 6.60. The number of carboxylic acids is 1. The maximum atomic E-state index is 13.6. The van der Waals surface area contributed by atoms with Gasteiger partial charge < -0.3 is 23.2 Å². The van der Waals surface area contributed by atoms with Crippen LogP contribution in [0.25, 0.3) is 0 Å². The number of carboxylic acid groups (broad SMARTS) is 1. The summed E-state index contributed by atoms with van der Waals surface area (Å²) < 4.78 is 31.2. The monoisotopic (exact) mass is 270 g/mol. The number of carbonyl (C=O) groups excluding carboxylic acids is 1. The van der Waals surface area contributed by atoms with Crippen LogP contribution in [-0.4, -0.2) is 34.9 Å². The van der Waals surface area contributed by atoms with Crippen LogP contribution in [0, 0.1) is 0 Å². The minimum absolute atomic E-state index is 0.239. The average Bonchev–Trinajstić information content (AvgIpc) is 2.52. The summed E-state index contributed by atoms with van der Waals surface area (Å²) in [6, 6.07) is 6.86. The van der Waals surface area contributed by atoms with E-state index >= 15 is 0 Å². The van der Waals surface area contributed by atoms with E-state index in [0.717, 1.165) is 0 Å². The molecule has 8 heteroatoms. The minimum atomic E-state index is -4.48. The first-order valence-electron chi connectivity index (χ1n) is 5.66. The fraction of sp³-hybridized carbons (Fsp3) is 0.273. The van der Waals surface area contributed by atoms with Crippen molar-refractivity contribution < 1.29 is 28.0 Å². The van der Waals surface area contributed by atoms with E-state index in [4.69, 9.17) is 5.11 Å². The Morgan fingerprint density at radius 2 is 2.00 bits per heavy atom. The molecule has 1 aliphatic heterocycles. The van der Waals surface area contributed by atoms with E-state index in [2.05, 4.69) is 4.65 Å². The van der Waals surface area contributed by atoms with Crippen LogP contribution in [0.5, 0.6) is 0 Å². The van der Waals surface area contributed by atoms with Gasteiger partial charge in [0.2, 0.25) is 0 Å². The van der Waals surface area contributed by atoms with Crippen LogP contribution in [0.4, 0.5) is 8.63 Å². The van der Waals surface area contributed by atoms with E-state index in [1.165, 1.54) is 0 Å². The van der Waals surface area contributed by atoms with Gasteiger partial charge in [-0.15, -0.1) is 0 Å². The lowest BCUT2D eigenvalue weighted by atomic mass is 9.99. The molecular formula is C11H11BF2NO4-. The average molecular weight is 270 g/mol. The largest absolute Gasteiger partial charge is 0.622 e. The van der Waals surface area contributed by atoms with Crippen molar-refractivity contribution in [1.29, 1.82) is 0 Å². The first-order valence-corrected chi connectivity index (χ1v) is 5.66. The lowest BCUT2D eigenvalue weighted by molar-refractivity contribution is -0.143. The third kappa shape index (κ3) is 2.90. The van der Waals surface area contributed by atoms with Crippen LogP contribution in [-0.2, 0) is 20.8 Å². The second kappa shape index (κ2) is 4.97. The molecule has 0 aromatic heterocycles. The first-order chi connectivity index (χ1) is 8.90. The zero-order chi connectivity index (χ0) is 14.0. The Kier molecular flexibility index (Phi) is 3.52. The summed E-state index contributed by atoms with van der Waals surface area (Å²) in [4.78, 5) is 22.5. The molecule has 1 atom stereocenters. The van der Waals surface area contributed by atoms with Crippen LogP contribution in [0.3, 0.4) is 0 Å². The van der Waals surface area contributed by atoms with E-state index in [0.29, 0.717) is 10.4 Å². The molecular weight excluding hydrogens is 259 g/mol. The van der Waals surface area contributed by atoms with Crippen LogP contribution in [0.1, 0.15) is 12.0 Å². The molecule has 1 N–H and O–H groups in total. The zero-order valence-electron chi connectivity index (χ0n) is 9.83. The van der Waals surface area contributed by atoms with E-state index < -0.39 is 31.4 Å². The fourth-order valence-corrected chi connectivity index (χ4v) is 2.01. The second-order valence-electron chi connectivity index (χ2n) is 4.27. The first kappa shape index (κ1) is 13.5. The molecule has 1 fully saturated rings. The fourth-order valence-electron chi connectivity index (χ4n) is 2.01. The number of nitrogens with zero attached hydrogens (tertiary/aromatic N) is 1. The van der Waals surface area contributed by atoms with Crippen molar-refractivity contribution in [2.24, 2.45) is 0 Å². The Hall–Kier alpha value is -1.96. The topological polar surface area (TPSA) is 66.8 Å². The quantitative estimate of drug-likeness (QED) is 0.834. The lowest BCUT2D eigenvalue weighted by Crippen LogP contribution is -2.46. The van der Waals surface area contributed by atoms with Crippen molar-refractivity contribution in [3.8, 4) is 0 Å². The summed E-state index contributed by atoms with van der Waals surface area (Å²) in [5.74, 6) is -2.52. The van der Waals surface area contributed by atoms with E-state index in [1.807, 2.05) is 0 Å². The van der Waals surface area contributed by atoms with Crippen molar-refractivity contribution in [3.63, 3.8) is 0 Å². The number of carbonyl (C=O) groups is 2. The zero-order valence-corrected chi connectivity index (χ0v) is 9.83. The molecule has 0 radical (unpaired) electrons. The van der Waals surface area contributed by atoms with E-state index in [9.17, 15) is 18.2 Å². The Morgan fingerprint density at radius 1 is 1.37 bits per heavy atom. The summed E-state index contributed by atoms with van der Waals surface area (Å²) in [6.45, 7) is -0.239. The number of hydrogen-bond acceptors (Lipinski definition) is 4. The number of aliphatic carboxylic acids is 1. The van der Waals surface area contributed by atoms with Crippen LogP contribution in [0.2, 0.25) is 0 Å². The van der Waals surface area contributed by atoms with Gasteiger partial charge in [0, 0.05) is 0 Å². The molecule has 5 nitrogen and oxygen atoms in total. The van der Waals surface area contributed by atoms with Gasteiger partial charge in [0.1, 0.15) is 0 Å². The molecule has 1 aromatic rings. The normalized spacial score (nSPS) is 22.2. The van der Waals surface area contributed by atoms with Crippen molar-refractivity contribution in [3.05, 3.63) is 35.9 Å². The number of rotatable bonds is 4. The van der Waals surface area contributed by atoms with Gasteiger partial charge in [-0.05, 0) is 12.1 Å². The molecule has 1 unspecified atom stereocenters. The standard InChI is InChI=1S/C11H11BF2NO4/c13-12(14)15(7-8-4-2-1-3-5-8)9(6-10(16)17)11(18)19-12/h1-5,9H,6-7H2,(H,16,17)/q-1. The van der Waals surface area contributed by atoms with Crippen LogP contribution >= 0.6 is 0 Å². The maximum absolute atomic E-state index is 13.6. The Labute approximate surface area is 107 Å². The van der Waals surface area contributed by atoms with Gasteiger partial charge in [-0.2, -0.15) is 0 Å². The Bertz CT molecular complexity index is 497. The van der Waals surface area contributed by atoms with Gasteiger partial charge in [-0.3, -0.25) is 9.59 Å². The van der Waals surface area contributed by atoms with Crippen molar-refractivity contribution in [2.75, 3.05) is 0 Å². The molecule has 1 heterocycles. The molecule has 0 saturated carbocycles. The van der Waals surface area contributed by atoms with Crippen LogP contribution < -0.4 is 0 Å². The molecule has 0 amide bonds. The molecule has 19 heavy (non-hydrogen) atoms. The highest BCUT2D eigenvalue weighted by atomic mass is 19.3. The van der Waals surface area contributed by atoms with Crippen molar-refractivity contribution in [1.82, 2.24) is 4.81 Å². The summed E-state index contributed by atoms with van der Waals surface area (Å²) in [6.07, 6.45) is -0.705. The third-order valence-corrected chi connectivity index (χ3v) is 2.89. The summed E-state index contributed by atoms with van der Waals surface area (Å²) in [5, 5.41) is 8.67. The van der Waals surface area contributed by atoms with Gasteiger partial charge in [0.15, 0.2) is 0 Å². The van der Waals surface area contributed by atoms with Gasteiger partial charge in [-0.1, -0.05) is 30.3 Å². The summed E-state index contributed by atoms with van der Waals surface area (Å²) in [7, 11) is -4.48. The second-order valence-corrected chi connectivity index (χ2v) is 4.27. The number of benzene rings is 1. The predicted octanol–water partition coefficient (Wildman–Crippen LogP) is 1.26.